The molecule has 0 aliphatic rings. The van der Waals surface area contributed by atoms with Gasteiger partial charge in [-0.05, 0) is 31.3 Å². The third-order valence-electron chi connectivity index (χ3n) is 2.77. The summed E-state index contributed by atoms with van der Waals surface area (Å²) in [6, 6.07) is 7.74. The molecule has 0 fully saturated rings. The fourth-order valence-corrected chi connectivity index (χ4v) is 2.06. The van der Waals surface area contributed by atoms with Crippen molar-refractivity contribution in [1.29, 1.82) is 5.26 Å². The summed E-state index contributed by atoms with van der Waals surface area (Å²) in [7, 11) is 1.67. The predicted octanol–water partition coefficient (Wildman–Crippen LogP) is 2.61. The first-order valence-corrected chi connectivity index (χ1v) is 5.72. The molecule has 1 N–H and O–H groups in total. The minimum absolute atomic E-state index is 0.0754. The van der Waals surface area contributed by atoms with Gasteiger partial charge in [-0.3, -0.25) is 0 Å². The van der Waals surface area contributed by atoms with Gasteiger partial charge in [0.15, 0.2) is 4.77 Å². The summed E-state index contributed by atoms with van der Waals surface area (Å²) in [4.78, 5) is 3.08. The van der Waals surface area contributed by atoms with Crippen molar-refractivity contribution in [3.05, 3.63) is 28.5 Å². The Labute approximate surface area is 104 Å². The van der Waals surface area contributed by atoms with Crippen LogP contribution >= 0.6 is 12.2 Å². The Morgan fingerprint density at radius 1 is 1.59 bits per heavy atom. The molecule has 0 aliphatic carbocycles. The normalized spacial score (nSPS) is 12.5. The van der Waals surface area contributed by atoms with Crippen LogP contribution in [0.1, 0.15) is 12.5 Å². The molecule has 1 aromatic carbocycles. The standard InChI is InChI=1S/C12H13N3OS/c1-8(16-2)7-15-10-5-3-4-9(6-13)11(10)14-12(15)17/h3-5,8H,7H2,1-2H3,(H,14,17). The SMILES string of the molecule is COC(C)Cn1c(=S)[nH]c2c(C#N)cccc21. The average Bonchev–Trinajstić information content (AvgIpc) is 2.66. The Morgan fingerprint density at radius 3 is 3.00 bits per heavy atom. The zero-order valence-corrected chi connectivity index (χ0v) is 10.5. The van der Waals surface area contributed by atoms with Crippen molar-refractivity contribution >= 4 is 23.3 Å². The van der Waals surface area contributed by atoms with E-state index in [0.29, 0.717) is 16.9 Å². The minimum atomic E-state index is 0.0754. The molecule has 17 heavy (non-hydrogen) atoms. The van der Waals surface area contributed by atoms with Crippen LogP contribution in [0.15, 0.2) is 18.2 Å². The number of imidazole rings is 1. The number of benzene rings is 1. The van der Waals surface area contributed by atoms with Crippen molar-refractivity contribution in [3.63, 3.8) is 0 Å². The van der Waals surface area contributed by atoms with Crippen LogP contribution in [0, 0.1) is 16.1 Å². The van der Waals surface area contributed by atoms with E-state index in [1.807, 2.05) is 23.6 Å². The van der Waals surface area contributed by atoms with E-state index in [9.17, 15) is 0 Å². The molecule has 5 heteroatoms. The molecule has 0 bridgehead atoms. The first-order valence-electron chi connectivity index (χ1n) is 5.31. The van der Waals surface area contributed by atoms with Crippen molar-refractivity contribution in [2.75, 3.05) is 7.11 Å². The largest absolute Gasteiger partial charge is 0.380 e. The van der Waals surface area contributed by atoms with Gasteiger partial charge in [0, 0.05) is 7.11 Å². The lowest BCUT2D eigenvalue weighted by Gasteiger charge is -2.10. The maximum atomic E-state index is 9.03. The van der Waals surface area contributed by atoms with Gasteiger partial charge < -0.3 is 14.3 Å². The summed E-state index contributed by atoms with van der Waals surface area (Å²) < 4.78 is 7.81. The van der Waals surface area contributed by atoms with E-state index in [1.165, 1.54) is 0 Å². The van der Waals surface area contributed by atoms with Crippen LogP contribution in [0.5, 0.6) is 0 Å². The van der Waals surface area contributed by atoms with Crippen molar-refractivity contribution in [1.82, 2.24) is 9.55 Å². The van der Waals surface area contributed by atoms with Crippen LogP contribution in [0.4, 0.5) is 0 Å². The van der Waals surface area contributed by atoms with Crippen molar-refractivity contribution in [2.24, 2.45) is 0 Å². The third-order valence-corrected chi connectivity index (χ3v) is 3.10. The summed E-state index contributed by atoms with van der Waals surface area (Å²) in [6.45, 7) is 2.65. The fourth-order valence-electron chi connectivity index (χ4n) is 1.79. The smallest absolute Gasteiger partial charge is 0.178 e. The summed E-state index contributed by atoms with van der Waals surface area (Å²) in [5.74, 6) is 0. The number of methoxy groups -OCH3 is 1. The van der Waals surface area contributed by atoms with E-state index in [2.05, 4.69) is 11.1 Å². The zero-order chi connectivity index (χ0) is 12.4. The van der Waals surface area contributed by atoms with Crippen molar-refractivity contribution in [3.8, 4) is 6.07 Å². The van der Waals surface area contributed by atoms with E-state index < -0.39 is 0 Å². The quantitative estimate of drug-likeness (QED) is 0.848. The Hall–Kier alpha value is -1.64. The summed E-state index contributed by atoms with van der Waals surface area (Å²) >= 11 is 5.27. The second kappa shape index (κ2) is 4.70. The number of fused-ring (bicyclic) bond motifs is 1. The molecule has 1 unspecified atom stereocenters. The van der Waals surface area contributed by atoms with Crippen LogP contribution in [0.3, 0.4) is 0 Å². The molecule has 0 amide bonds. The van der Waals surface area contributed by atoms with E-state index in [-0.39, 0.29) is 6.10 Å². The number of nitriles is 1. The van der Waals surface area contributed by atoms with Gasteiger partial charge in [0.05, 0.1) is 29.2 Å². The second-order valence-electron chi connectivity index (χ2n) is 3.90. The molecule has 2 rings (SSSR count). The molecule has 0 saturated carbocycles. The summed E-state index contributed by atoms with van der Waals surface area (Å²) in [5.41, 5.74) is 2.35. The van der Waals surface area contributed by atoms with Crippen LogP contribution in [-0.4, -0.2) is 22.8 Å². The average molecular weight is 247 g/mol. The van der Waals surface area contributed by atoms with Crippen LogP contribution in [0.2, 0.25) is 0 Å². The molecule has 0 saturated heterocycles. The highest BCUT2D eigenvalue weighted by Crippen LogP contribution is 2.18. The molecule has 1 atom stereocenters. The van der Waals surface area contributed by atoms with Crippen molar-refractivity contribution < 1.29 is 4.74 Å². The maximum Gasteiger partial charge on any atom is 0.178 e. The molecule has 0 spiro atoms. The number of aromatic nitrogens is 2. The molecule has 0 aliphatic heterocycles. The van der Waals surface area contributed by atoms with Crippen molar-refractivity contribution in [2.45, 2.75) is 19.6 Å². The molecule has 4 nitrogen and oxygen atoms in total. The number of H-pyrrole nitrogens is 1. The van der Waals surface area contributed by atoms with E-state index >= 15 is 0 Å². The summed E-state index contributed by atoms with van der Waals surface area (Å²) in [5, 5.41) is 9.03. The Balaban J connectivity index is 2.61. The highest BCUT2D eigenvalue weighted by atomic mass is 32.1. The first-order chi connectivity index (χ1) is 8.17. The molecule has 1 aromatic heterocycles. The highest BCUT2D eigenvalue weighted by Gasteiger charge is 2.10. The number of hydrogen-bond donors (Lipinski definition) is 1. The maximum absolute atomic E-state index is 9.03. The fraction of sp³-hybridized carbons (Fsp3) is 0.333. The second-order valence-corrected chi connectivity index (χ2v) is 4.29. The number of ether oxygens (including phenoxy) is 1. The topological polar surface area (TPSA) is 53.7 Å². The van der Waals surface area contributed by atoms with Gasteiger partial charge in [-0.1, -0.05) is 6.07 Å². The van der Waals surface area contributed by atoms with Gasteiger partial charge in [0.2, 0.25) is 0 Å². The lowest BCUT2D eigenvalue weighted by molar-refractivity contribution is 0.104. The van der Waals surface area contributed by atoms with Gasteiger partial charge in [0.25, 0.3) is 0 Å². The van der Waals surface area contributed by atoms with E-state index in [1.54, 1.807) is 13.2 Å². The van der Waals surface area contributed by atoms with Gasteiger partial charge in [0.1, 0.15) is 6.07 Å². The number of nitrogens with zero attached hydrogens (tertiary/aromatic N) is 2. The predicted molar refractivity (Wildman–Crippen MR) is 68.3 cm³/mol. The lowest BCUT2D eigenvalue weighted by Crippen LogP contribution is -2.14. The van der Waals surface area contributed by atoms with Gasteiger partial charge in [-0.2, -0.15) is 5.26 Å². The highest BCUT2D eigenvalue weighted by molar-refractivity contribution is 7.71. The zero-order valence-electron chi connectivity index (χ0n) is 9.73. The lowest BCUT2D eigenvalue weighted by atomic mass is 10.2. The molecule has 1 heterocycles. The van der Waals surface area contributed by atoms with Gasteiger partial charge in [-0.25, -0.2) is 0 Å². The number of aromatic amines is 1. The van der Waals surface area contributed by atoms with Gasteiger partial charge in [-0.15, -0.1) is 0 Å². The van der Waals surface area contributed by atoms with Crippen LogP contribution in [0.25, 0.3) is 11.0 Å². The van der Waals surface area contributed by atoms with Crippen LogP contribution < -0.4 is 0 Å². The van der Waals surface area contributed by atoms with Gasteiger partial charge >= 0.3 is 0 Å². The number of hydrogen-bond acceptors (Lipinski definition) is 3. The van der Waals surface area contributed by atoms with Crippen LogP contribution in [-0.2, 0) is 11.3 Å². The first kappa shape index (κ1) is 11.8. The Bertz CT molecular complexity index is 635. The number of nitrogens with one attached hydrogen (secondary N) is 1. The molecular weight excluding hydrogens is 234 g/mol. The molecule has 2 aromatic rings. The molecule has 88 valence electrons. The Morgan fingerprint density at radius 2 is 2.35 bits per heavy atom. The Kier molecular flexibility index (Phi) is 3.27. The molecule has 0 radical (unpaired) electrons. The third kappa shape index (κ3) is 2.09. The monoisotopic (exact) mass is 247 g/mol. The van der Waals surface area contributed by atoms with E-state index in [0.717, 1.165) is 11.0 Å². The number of rotatable bonds is 3. The number of para-hydroxylation sites is 1. The summed E-state index contributed by atoms with van der Waals surface area (Å²) in [6.07, 6.45) is 0.0754. The molecular formula is C12H13N3OS. The minimum Gasteiger partial charge on any atom is -0.380 e. The van der Waals surface area contributed by atoms with E-state index in [4.69, 9.17) is 22.2 Å².